The molecule has 1 aromatic heterocycles. The van der Waals surface area contributed by atoms with E-state index in [9.17, 15) is 9.59 Å². The van der Waals surface area contributed by atoms with Gasteiger partial charge in [0.05, 0.1) is 4.91 Å². The molecule has 0 atom stereocenters. The van der Waals surface area contributed by atoms with Crippen LogP contribution < -0.4 is 4.74 Å². The van der Waals surface area contributed by atoms with E-state index < -0.39 is 0 Å². The number of carbonyl (C=O) groups excluding carboxylic acids is 2. The molecule has 4 rings (SSSR count). The standard InChI is InChI=1S/C25H24N2O3S/c1-4-26-24(28)23(31-25(26)29)15-20-14-17(2)27(18(20)3)21-10-12-22(13-11-21)30-16-19-8-6-5-7-9-19/h5-15H,4,16H2,1-3H3/b23-15+. The first-order valence-corrected chi connectivity index (χ1v) is 11.0. The Balaban J connectivity index is 1.54. The van der Waals surface area contributed by atoms with Crippen molar-refractivity contribution in [3.63, 3.8) is 0 Å². The molecular formula is C25H24N2O3S. The molecule has 3 aromatic rings. The fraction of sp³-hybridized carbons (Fsp3) is 0.200. The highest BCUT2D eigenvalue weighted by Gasteiger charge is 2.33. The van der Waals surface area contributed by atoms with Gasteiger partial charge in [-0.15, -0.1) is 0 Å². The Morgan fingerprint density at radius 2 is 1.71 bits per heavy atom. The molecule has 6 heteroatoms. The molecule has 0 unspecified atom stereocenters. The maximum absolute atomic E-state index is 12.4. The molecule has 158 valence electrons. The van der Waals surface area contributed by atoms with E-state index in [1.807, 2.05) is 80.6 Å². The van der Waals surface area contributed by atoms with Crippen molar-refractivity contribution in [2.75, 3.05) is 6.54 Å². The minimum absolute atomic E-state index is 0.210. The van der Waals surface area contributed by atoms with Crippen molar-refractivity contribution in [2.45, 2.75) is 27.4 Å². The van der Waals surface area contributed by atoms with Crippen LogP contribution in [-0.2, 0) is 11.4 Å². The van der Waals surface area contributed by atoms with Crippen molar-refractivity contribution in [1.82, 2.24) is 9.47 Å². The molecular weight excluding hydrogens is 408 g/mol. The van der Waals surface area contributed by atoms with Gasteiger partial charge in [-0.2, -0.15) is 0 Å². The number of imide groups is 1. The lowest BCUT2D eigenvalue weighted by atomic mass is 10.2. The number of thioether (sulfide) groups is 1. The highest BCUT2D eigenvalue weighted by atomic mass is 32.2. The maximum Gasteiger partial charge on any atom is 0.293 e. The van der Waals surface area contributed by atoms with Crippen LogP contribution in [-0.4, -0.2) is 27.2 Å². The number of benzene rings is 2. The van der Waals surface area contributed by atoms with Crippen LogP contribution in [0.1, 0.15) is 29.4 Å². The van der Waals surface area contributed by atoms with Gasteiger partial charge in [-0.25, -0.2) is 0 Å². The van der Waals surface area contributed by atoms with Crippen molar-refractivity contribution < 1.29 is 14.3 Å². The molecule has 1 saturated heterocycles. The summed E-state index contributed by atoms with van der Waals surface area (Å²) in [5.41, 5.74) is 5.14. The van der Waals surface area contributed by atoms with Crippen molar-refractivity contribution in [3.8, 4) is 11.4 Å². The van der Waals surface area contributed by atoms with E-state index in [0.29, 0.717) is 18.1 Å². The van der Waals surface area contributed by atoms with Gasteiger partial charge in [-0.05, 0) is 80.1 Å². The van der Waals surface area contributed by atoms with Gasteiger partial charge >= 0.3 is 0 Å². The molecule has 0 N–H and O–H groups in total. The summed E-state index contributed by atoms with van der Waals surface area (Å²) in [5.74, 6) is 0.589. The van der Waals surface area contributed by atoms with E-state index in [1.54, 1.807) is 6.92 Å². The number of amides is 2. The highest BCUT2D eigenvalue weighted by Crippen LogP contribution is 2.33. The van der Waals surface area contributed by atoms with E-state index in [4.69, 9.17) is 4.74 Å². The second-order valence-corrected chi connectivity index (χ2v) is 8.35. The van der Waals surface area contributed by atoms with Crippen LogP contribution in [0.4, 0.5) is 4.79 Å². The first-order chi connectivity index (χ1) is 15.0. The molecule has 2 heterocycles. The minimum atomic E-state index is -0.220. The summed E-state index contributed by atoms with van der Waals surface area (Å²) in [6.07, 6.45) is 1.82. The van der Waals surface area contributed by atoms with Gasteiger partial charge in [0.25, 0.3) is 11.1 Å². The molecule has 1 aliphatic heterocycles. The van der Waals surface area contributed by atoms with Gasteiger partial charge in [0, 0.05) is 23.6 Å². The monoisotopic (exact) mass is 432 g/mol. The zero-order valence-corrected chi connectivity index (χ0v) is 18.6. The SMILES string of the molecule is CCN1C(=O)S/C(=C/c2cc(C)n(-c3ccc(OCc4ccccc4)cc3)c2C)C1=O. The number of hydrogen-bond donors (Lipinski definition) is 0. The number of carbonyl (C=O) groups is 2. The maximum atomic E-state index is 12.4. The topological polar surface area (TPSA) is 51.5 Å². The van der Waals surface area contributed by atoms with Crippen molar-refractivity contribution in [3.05, 3.63) is 88.1 Å². The lowest BCUT2D eigenvalue weighted by Gasteiger charge is -2.11. The zero-order valence-electron chi connectivity index (χ0n) is 17.8. The van der Waals surface area contributed by atoms with E-state index >= 15 is 0 Å². The normalized spacial score (nSPS) is 15.2. The zero-order chi connectivity index (χ0) is 22.0. The molecule has 0 radical (unpaired) electrons. The average molecular weight is 433 g/mol. The Labute approximate surface area is 186 Å². The number of aryl methyl sites for hydroxylation is 1. The van der Waals surface area contributed by atoms with E-state index in [0.717, 1.165) is 45.7 Å². The summed E-state index contributed by atoms with van der Waals surface area (Å²) < 4.78 is 8.02. The summed E-state index contributed by atoms with van der Waals surface area (Å²) in [7, 11) is 0. The van der Waals surface area contributed by atoms with Crippen LogP contribution in [0.3, 0.4) is 0 Å². The van der Waals surface area contributed by atoms with Crippen molar-refractivity contribution in [2.24, 2.45) is 0 Å². The van der Waals surface area contributed by atoms with Crippen LogP contribution in [0, 0.1) is 13.8 Å². The molecule has 2 amide bonds. The predicted octanol–water partition coefficient (Wildman–Crippen LogP) is 5.73. The molecule has 1 aliphatic rings. The second-order valence-electron chi connectivity index (χ2n) is 7.36. The minimum Gasteiger partial charge on any atom is -0.489 e. The largest absolute Gasteiger partial charge is 0.489 e. The van der Waals surface area contributed by atoms with E-state index in [2.05, 4.69) is 4.57 Å². The Bertz CT molecular complexity index is 1150. The predicted molar refractivity (Wildman–Crippen MR) is 124 cm³/mol. The summed E-state index contributed by atoms with van der Waals surface area (Å²) in [6, 6.07) is 20.1. The molecule has 2 aromatic carbocycles. The fourth-order valence-electron chi connectivity index (χ4n) is 3.68. The summed E-state index contributed by atoms with van der Waals surface area (Å²) >= 11 is 0.999. The number of rotatable bonds is 6. The number of ether oxygens (including phenoxy) is 1. The molecule has 31 heavy (non-hydrogen) atoms. The lowest BCUT2D eigenvalue weighted by Crippen LogP contribution is -2.27. The molecule has 0 spiro atoms. The van der Waals surface area contributed by atoms with Gasteiger partial charge in [0.1, 0.15) is 12.4 Å². The van der Waals surface area contributed by atoms with Gasteiger partial charge in [-0.3, -0.25) is 14.5 Å². The second kappa shape index (κ2) is 8.86. The molecule has 0 aliphatic carbocycles. The van der Waals surface area contributed by atoms with Crippen LogP contribution in [0.5, 0.6) is 5.75 Å². The van der Waals surface area contributed by atoms with Gasteiger partial charge in [0.2, 0.25) is 0 Å². The Morgan fingerprint density at radius 1 is 1.00 bits per heavy atom. The van der Waals surface area contributed by atoms with Crippen LogP contribution in [0.15, 0.2) is 65.6 Å². The van der Waals surface area contributed by atoms with E-state index in [1.165, 1.54) is 4.90 Å². The quantitative estimate of drug-likeness (QED) is 0.467. The van der Waals surface area contributed by atoms with Crippen LogP contribution in [0.2, 0.25) is 0 Å². The molecule has 5 nitrogen and oxygen atoms in total. The van der Waals surface area contributed by atoms with Crippen molar-refractivity contribution in [1.29, 1.82) is 0 Å². The number of likely N-dealkylation sites (N-methyl/N-ethyl adjacent to an activating group) is 1. The third-order valence-electron chi connectivity index (χ3n) is 5.29. The number of hydrogen-bond acceptors (Lipinski definition) is 4. The number of aromatic nitrogens is 1. The Hall–Kier alpha value is -3.25. The summed E-state index contributed by atoms with van der Waals surface area (Å²) in [5, 5.41) is -0.210. The molecule has 1 fully saturated rings. The Morgan fingerprint density at radius 3 is 2.35 bits per heavy atom. The number of nitrogens with zero attached hydrogens (tertiary/aromatic N) is 2. The Kier molecular flexibility index (Phi) is 6.00. The first kappa shape index (κ1) is 21.0. The van der Waals surface area contributed by atoms with Crippen molar-refractivity contribution >= 4 is 29.0 Å². The summed E-state index contributed by atoms with van der Waals surface area (Å²) in [6.45, 7) is 6.77. The lowest BCUT2D eigenvalue weighted by molar-refractivity contribution is -0.122. The average Bonchev–Trinajstić information content (AvgIpc) is 3.21. The van der Waals surface area contributed by atoms with E-state index in [-0.39, 0.29) is 11.1 Å². The molecule has 0 saturated carbocycles. The summed E-state index contributed by atoms with van der Waals surface area (Å²) in [4.78, 5) is 26.1. The van der Waals surface area contributed by atoms with Crippen LogP contribution >= 0.6 is 11.8 Å². The van der Waals surface area contributed by atoms with Gasteiger partial charge in [0.15, 0.2) is 0 Å². The highest BCUT2D eigenvalue weighted by molar-refractivity contribution is 8.18. The smallest absolute Gasteiger partial charge is 0.293 e. The first-order valence-electron chi connectivity index (χ1n) is 10.2. The third kappa shape index (κ3) is 4.30. The van der Waals surface area contributed by atoms with Gasteiger partial charge in [-0.1, -0.05) is 30.3 Å². The fourth-order valence-corrected chi connectivity index (χ4v) is 4.57. The molecule has 0 bridgehead atoms. The third-order valence-corrected chi connectivity index (χ3v) is 6.20. The van der Waals surface area contributed by atoms with Gasteiger partial charge < -0.3 is 9.30 Å². The van der Waals surface area contributed by atoms with Crippen LogP contribution in [0.25, 0.3) is 11.8 Å².